The van der Waals surface area contributed by atoms with E-state index in [0.29, 0.717) is 16.4 Å². The van der Waals surface area contributed by atoms with Crippen LogP contribution < -0.4 is 0 Å². The smallest absolute Gasteiger partial charge is 0.392 e. The molecule has 1 heterocycles. The highest BCUT2D eigenvalue weighted by atomic mass is 35.5. The molecule has 0 fully saturated rings. The molecule has 0 unspecified atom stereocenters. The van der Waals surface area contributed by atoms with Gasteiger partial charge in [0.15, 0.2) is 0 Å². The lowest BCUT2D eigenvalue weighted by atomic mass is 10.1. The lowest BCUT2D eigenvalue weighted by Gasteiger charge is -2.14. The first-order valence-electron chi connectivity index (χ1n) is 5.78. The summed E-state index contributed by atoms with van der Waals surface area (Å²) < 4.78 is 40.2. The average molecular weight is 305 g/mol. The molecule has 2 rings (SSSR count). The van der Waals surface area contributed by atoms with Gasteiger partial charge in [-0.3, -0.25) is 0 Å². The average Bonchev–Trinajstić information content (AvgIpc) is 2.65. The fraction of sp³-hybridized carbons (Fsp3) is 0.308. The minimum atomic E-state index is -4.53. The predicted molar refractivity (Wildman–Crippen MR) is 69.0 cm³/mol. The number of aryl methyl sites for hydroxylation is 1. The molecule has 3 nitrogen and oxygen atoms in total. The number of rotatable bonds is 2. The molecule has 0 aliphatic carbocycles. The van der Waals surface area contributed by atoms with Gasteiger partial charge in [0.05, 0.1) is 34.3 Å². The monoisotopic (exact) mass is 304 g/mol. The zero-order valence-corrected chi connectivity index (χ0v) is 11.5. The van der Waals surface area contributed by atoms with Gasteiger partial charge in [-0.15, -0.1) is 0 Å². The van der Waals surface area contributed by atoms with Crippen LogP contribution in [-0.2, 0) is 12.8 Å². The number of hydrogen-bond acceptors (Lipinski definition) is 2. The third kappa shape index (κ3) is 2.53. The molecular formula is C13H12ClF3N2O. The molecule has 0 amide bonds. The van der Waals surface area contributed by atoms with E-state index in [4.69, 9.17) is 16.7 Å². The van der Waals surface area contributed by atoms with Crippen molar-refractivity contribution in [1.82, 2.24) is 9.78 Å². The van der Waals surface area contributed by atoms with E-state index in [1.807, 2.05) is 0 Å². The Morgan fingerprint density at radius 3 is 2.40 bits per heavy atom. The maximum Gasteiger partial charge on any atom is 0.416 e. The van der Waals surface area contributed by atoms with Crippen LogP contribution in [0.2, 0.25) is 5.02 Å². The lowest BCUT2D eigenvalue weighted by Crippen LogP contribution is -2.11. The van der Waals surface area contributed by atoms with E-state index < -0.39 is 18.3 Å². The second-order valence-electron chi connectivity index (χ2n) is 4.39. The van der Waals surface area contributed by atoms with Crippen molar-refractivity contribution in [2.24, 2.45) is 0 Å². The Balaban J connectivity index is 2.62. The van der Waals surface area contributed by atoms with Crippen molar-refractivity contribution in [3.8, 4) is 5.69 Å². The Labute approximate surface area is 118 Å². The van der Waals surface area contributed by atoms with Crippen LogP contribution in [0.25, 0.3) is 5.69 Å². The Bertz CT molecular complexity index is 650. The largest absolute Gasteiger partial charge is 0.416 e. The molecular weight excluding hydrogens is 293 g/mol. The summed E-state index contributed by atoms with van der Waals surface area (Å²) in [6.07, 6.45) is -4.53. The number of alkyl halides is 3. The summed E-state index contributed by atoms with van der Waals surface area (Å²) in [5.74, 6) is 0. The Morgan fingerprint density at radius 1 is 1.30 bits per heavy atom. The zero-order chi connectivity index (χ0) is 15.1. The topological polar surface area (TPSA) is 38.0 Å². The van der Waals surface area contributed by atoms with Gasteiger partial charge in [0, 0.05) is 0 Å². The van der Waals surface area contributed by atoms with Crippen molar-refractivity contribution in [2.75, 3.05) is 0 Å². The summed E-state index contributed by atoms with van der Waals surface area (Å²) in [5, 5.41) is 13.5. The van der Waals surface area contributed by atoms with E-state index in [-0.39, 0.29) is 11.3 Å². The fourth-order valence-electron chi connectivity index (χ4n) is 1.97. The highest BCUT2D eigenvalue weighted by Crippen LogP contribution is 2.34. The summed E-state index contributed by atoms with van der Waals surface area (Å²) in [6.45, 7) is 2.68. The maximum absolute atomic E-state index is 12.9. The molecule has 1 aromatic carbocycles. The van der Waals surface area contributed by atoms with E-state index >= 15 is 0 Å². The van der Waals surface area contributed by atoms with E-state index in [9.17, 15) is 13.2 Å². The van der Waals surface area contributed by atoms with Gasteiger partial charge in [-0.25, -0.2) is 4.68 Å². The standard InChI is InChI=1S/C13H12ClF3N2O/c1-7-12(14)8(2)19(18-7)10-4-3-9(6-20)11(5-10)13(15,16)17/h3-5,20H,6H2,1-2H3. The molecule has 1 aromatic heterocycles. The number of hydrogen-bond donors (Lipinski definition) is 1. The molecule has 20 heavy (non-hydrogen) atoms. The minimum absolute atomic E-state index is 0.172. The first-order valence-corrected chi connectivity index (χ1v) is 6.16. The zero-order valence-electron chi connectivity index (χ0n) is 10.8. The lowest BCUT2D eigenvalue weighted by molar-refractivity contribution is -0.138. The molecule has 0 saturated heterocycles. The Hall–Kier alpha value is -1.53. The third-order valence-electron chi connectivity index (χ3n) is 3.02. The second kappa shape index (κ2) is 5.10. The molecule has 0 aliphatic heterocycles. The molecule has 7 heteroatoms. The number of aromatic nitrogens is 2. The molecule has 0 bridgehead atoms. The molecule has 2 aromatic rings. The van der Waals surface area contributed by atoms with Crippen molar-refractivity contribution in [2.45, 2.75) is 26.6 Å². The minimum Gasteiger partial charge on any atom is -0.392 e. The molecule has 0 atom stereocenters. The van der Waals surface area contributed by atoms with Gasteiger partial charge in [-0.05, 0) is 31.5 Å². The van der Waals surface area contributed by atoms with E-state index in [1.165, 1.54) is 16.8 Å². The molecule has 1 N–H and O–H groups in total. The predicted octanol–water partition coefficient (Wildman–Crippen LogP) is 3.65. The number of benzene rings is 1. The van der Waals surface area contributed by atoms with Crippen LogP contribution >= 0.6 is 11.6 Å². The van der Waals surface area contributed by atoms with Crippen molar-refractivity contribution < 1.29 is 18.3 Å². The van der Waals surface area contributed by atoms with E-state index in [1.54, 1.807) is 13.8 Å². The third-order valence-corrected chi connectivity index (χ3v) is 3.56. The summed E-state index contributed by atoms with van der Waals surface area (Å²) in [5.41, 5.74) is 0.315. The second-order valence-corrected chi connectivity index (χ2v) is 4.77. The van der Waals surface area contributed by atoms with Gasteiger partial charge in [-0.2, -0.15) is 18.3 Å². The summed E-state index contributed by atoms with van der Waals surface area (Å²) in [7, 11) is 0. The van der Waals surface area contributed by atoms with Crippen LogP contribution in [0.1, 0.15) is 22.5 Å². The van der Waals surface area contributed by atoms with Crippen LogP contribution in [0, 0.1) is 13.8 Å². The Morgan fingerprint density at radius 2 is 1.95 bits per heavy atom. The number of aliphatic hydroxyl groups excluding tert-OH is 1. The Kier molecular flexibility index (Phi) is 3.80. The van der Waals surface area contributed by atoms with Crippen molar-refractivity contribution in [3.05, 3.63) is 45.7 Å². The normalized spacial score (nSPS) is 11.9. The molecule has 108 valence electrons. The molecule has 0 aliphatic rings. The van der Waals surface area contributed by atoms with Crippen LogP contribution in [0.15, 0.2) is 18.2 Å². The first-order chi connectivity index (χ1) is 9.25. The summed E-state index contributed by atoms with van der Waals surface area (Å²) >= 11 is 5.99. The van der Waals surface area contributed by atoms with Gasteiger partial charge < -0.3 is 5.11 Å². The highest BCUT2D eigenvalue weighted by Gasteiger charge is 2.33. The maximum atomic E-state index is 12.9. The molecule has 0 radical (unpaired) electrons. The highest BCUT2D eigenvalue weighted by molar-refractivity contribution is 6.31. The first kappa shape index (κ1) is 14.9. The van der Waals surface area contributed by atoms with Gasteiger partial charge in [0.1, 0.15) is 0 Å². The van der Waals surface area contributed by atoms with Crippen LogP contribution in [-0.4, -0.2) is 14.9 Å². The molecule has 0 saturated carbocycles. The van der Waals surface area contributed by atoms with Gasteiger partial charge >= 0.3 is 6.18 Å². The number of aliphatic hydroxyl groups is 1. The van der Waals surface area contributed by atoms with Crippen LogP contribution in [0.4, 0.5) is 13.2 Å². The van der Waals surface area contributed by atoms with Gasteiger partial charge in [-0.1, -0.05) is 17.7 Å². The van der Waals surface area contributed by atoms with Crippen LogP contribution in [0.3, 0.4) is 0 Å². The number of halogens is 4. The SMILES string of the molecule is Cc1nn(-c2ccc(CO)c(C(F)(F)F)c2)c(C)c1Cl. The van der Waals surface area contributed by atoms with Crippen molar-refractivity contribution in [3.63, 3.8) is 0 Å². The van der Waals surface area contributed by atoms with Crippen molar-refractivity contribution >= 4 is 11.6 Å². The number of nitrogens with zero attached hydrogens (tertiary/aromatic N) is 2. The van der Waals surface area contributed by atoms with Crippen molar-refractivity contribution in [1.29, 1.82) is 0 Å². The quantitative estimate of drug-likeness (QED) is 0.919. The van der Waals surface area contributed by atoms with E-state index in [0.717, 1.165) is 6.07 Å². The summed E-state index contributed by atoms with van der Waals surface area (Å²) in [6, 6.07) is 3.67. The van der Waals surface area contributed by atoms with Crippen LogP contribution in [0.5, 0.6) is 0 Å². The fourth-order valence-corrected chi connectivity index (χ4v) is 2.09. The summed E-state index contributed by atoms with van der Waals surface area (Å²) in [4.78, 5) is 0. The van der Waals surface area contributed by atoms with Gasteiger partial charge in [0.2, 0.25) is 0 Å². The van der Waals surface area contributed by atoms with Gasteiger partial charge in [0.25, 0.3) is 0 Å². The molecule has 0 spiro atoms. The van der Waals surface area contributed by atoms with E-state index in [2.05, 4.69) is 5.10 Å².